The molecule has 0 unspecified atom stereocenters. The van der Waals surface area contributed by atoms with Crippen LogP contribution in [-0.2, 0) is 59.6 Å². The van der Waals surface area contributed by atoms with Crippen molar-refractivity contribution in [2.75, 3.05) is 9.80 Å². The summed E-state index contributed by atoms with van der Waals surface area (Å²) in [6.07, 6.45) is 11.5. The van der Waals surface area contributed by atoms with Crippen molar-refractivity contribution in [3.63, 3.8) is 0 Å². The highest BCUT2D eigenvalue weighted by atomic mass is 16.3. The van der Waals surface area contributed by atoms with Gasteiger partial charge in [0.2, 0.25) is 0 Å². The molecule has 0 amide bonds. The van der Waals surface area contributed by atoms with Crippen molar-refractivity contribution < 1.29 is 4.42 Å². The fourth-order valence-corrected chi connectivity index (χ4v) is 17.5. The largest absolute Gasteiger partial charge is 0.472 e. The van der Waals surface area contributed by atoms with E-state index in [-0.39, 0.29) is 66.3 Å². The zero-order chi connectivity index (χ0) is 59.2. The van der Waals surface area contributed by atoms with Gasteiger partial charge >= 0.3 is 0 Å². The predicted octanol–water partition coefficient (Wildman–Crippen LogP) is 20.1. The molecule has 432 valence electrons. The molecule has 1 aromatic heterocycles. The molecule has 0 saturated heterocycles. The molecule has 5 aliphatic carbocycles. The minimum Gasteiger partial charge on any atom is -0.472 e. The Bertz CT molecular complexity index is 3720. The smallest absolute Gasteiger partial charge is 0.297 e. The maximum Gasteiger partial charge on any atom is 0.297 e. The van der Waals surface area contributed by atoms with Gasteiger partial charge in [0.05, 0.1) is 17.0 Å². The SMILES string of the molecule is CC(C)(C)c1cc2c3c(c1)N(c1ccc4c(c1)C(C)(C)CCC4(C)C)c1c(oc4c1C(C)(C)CCC4(C)C)B3c1cc3c(cc1N2c1cc2c(cc1-c1cccc4c1C(C)(C)CCC4(C)C)C(C)(C)CCC2(C)C)C(C)(C)CCC3(C)C. The van der Waals surface area contributed by atoms with Crippen molar-refractivity contribution in [3.8, 4) is 11.1 Å². The Kier molecular flexibility index (Phi) is 11.6. The molecular formula is C78H101BN2O. The summed E-state index contributed by atoms with van der Waals surface area (Å²) in [6.45, 7) is 57.4. The van der Waals surface area contributed by atoms with Crippen molar-refractivity contribution in [3.05, 3.63) is 134 Å². The minimum atomic E-state index is -0.168. The van der Waals surface area contributed by atoms with Crippen molar-refractivity contribution in [1.82, 2.24) is 0 Å². The summed E-state index contributed by atoms with van der Waals surface area (Å²) >= 11 is 0. The molecule has 82 heavy (non-hydrogen) atoms. The van der Waals surface area contributed by atoms with E-state index >= 15 is 0 Å². The van der Waals surface area contributed by atoms with Crippen LogP contribution in [0.15, 0.2) is 77.2 Å². The van der Waals surface area contributed by atoms with Crippen LogP contribution in [-0.4, -0.2) is 6.71 Å². The van der Waals surface area contributed by atoms with Gasteiger partial charge in [-0.3, -0.25) is 0 Å². The van der Waals surface area contributed by atoms with Gasteiger partial charge in [0.1, 0.15) is 5.76 Å². The van der Waals surface area contributed by atoms with Crippen LogP contribution < -0.4 is 26.4 Å². The molecule has 4 heteroatoms. The maximum absolute atomic E-state index is 8.06. The number of anilines is 6. The van der Waals surface area contributed by atoms with Gasteiger partial charge in [0.25, 0.3) is 6.71 Å². The molecule has 2 aliphatic heterocycles. The fourth-order valence-electron chi connectivity index (χ4n) is 17.5. The van der Waals surface area contributed by atoms with E-state index in [4.69, 9.17) is 4.42 Å². The zero-order valence-corrected chi connectivity index (χ0v) is 55.4. The molecule has 7 aliphatic rings. The van der Waals surface area contributed by atoms with Crippen LogP contribution in [0.5, 0.6) is 0 Å². The van der Waals surface area contributed by atoms with E-state index in [2.05, 4.69) is 242 Å². The van der Waals surface area contributed by atoms with E-state index in [0.29, 0.717) is 0 Å². The topological polar surface area (TPSA) is 19.6 Å². The minimum absolute atomic E-state index is 0.00237. The summed E-state index contributed by atoms with van der Waals surface area (Å²) < 4.78 is 8.06. The quantitative estimate of drug-likeness (QED) is 0.164. The zero-order valence-electron chi connectivity index (χ0n) is 55.4. The molecule has 0 fully saturated rings. The molecular weight excluding hydrogens is 992 g/mol. The Morgan fingerprint density at radius 3 is 1.37 bits per heavy atom. The maximum atomic E-state index is 8.06. The Labute approximate surface area is 497 Å². The van der Waals surface area contributed by atoms with Crippen LogP contribution in [0.3, 0.4) is 0 Å². The van der Waals surface area contributed by atoms with Crippen LogP contribution in [0.2, 0.25) is 0 Å². The lowest BCUT2D eigenvalue weighted by Crippen LogP contribution is -2.61. The number of fused-ring (bicyclic) bond motifs is 10. The van der Waals surface area contributed by atoms with Crippen molar-refractivity contribution >= 4 is 57.4 Å². The van der Waals surface area contributed by atoms with E-state index in [0.717, 1.165) is 44.2 Å². The Hall–Kier alpha value is -4.96. The molecule has 6 aromatic rings. The second-order valence-electron chi connectivity index (χ2n) is 35.5. The number of hydrogen-bond donors (Lipinski definition) is 0. The molecule has 13 rings (SSSR count). The molecule has 0 radical (unpaired) electrons. The first-order valence-electron chi connectivity index (χ1n) is 32.3. The van der Waals surface area contributed by atoms with Crippen molar-refractivity contribution in [2.24, 2.45) is 0 Å². The summed E-state index contributed by atoms with van der Waals surface area (Å²) in [5, 5.41) is 0. The second-order valence-corrected chi connectivity index (χ2v) is 35.5. The average Bonchev–Trinajstić information content (AvgIpc) is 1.37. The Morgan fingerprint density at radius 2 is 0.817 bits per heavy atom. The van der Waals surface area contributed by atoms with Crippen LogP contribution in [0, 0.1) is 0 Å². The highest BCUT2D eigenvalue weighted by molar-refractivity contribution is 6.99. The standard InChI is InChI=1S/C78H101BN2O/c1-68(2,3)46-39-60-64-61(40-46)81(58-44-55-53(72(10,11)31-33-74(55,14)15)42-49(58)48-25-24-26-51-62(48)76(18,19)36-35-70(51,6)7)59-45-56-54(73(12,13)32-34-75(56,16)17)43-57(59)79(64)67-65(63-66(82-67)78(22,23)38-37-77(63,20)21)80(60)47-27-28-50-52(41-47)71(8,9)30-29-69(50,4)5/h24-28,39-45H,29-38H2,1-23H3. The van der Waals surface area contributed by atoms with Gasteiger partial charge in [0.15, 0.2) is 0 Å². The summed E-state index contributed by atoms with van der Waals surface area (Å²) in [6, 6.07) is 31.3. The number of hydrogen-bond acceptors (Lipinski definition) is 3. The van der Waals surface area contributed by atoms with E-state index < -0.39 is 0 Å². The van der Waals surface area contributed by atoms with E-state index in [9.17, 15) is 0 Å². The average molecular weight is 1090 g/mol. The fraction of sp³-hybridized carbons (Fsp3) is 0.564. The number of nitrogens with zero attached hydrogens (tertiary/aromatic N) is 2. The summed E-state index contributed by atoms with van der Waals surface area (Å²) in [4.78, 5) is 5.64. The van der Waals surface area contributed by atoms with E-state index in [1.165, 1.54) is 143 Å². The Morgan fingerprint density at radius 1 is 0.378 bits per heavy atom. The van der Waals surface area contributed by atoms with Crippen molar-refractivity contribution in [2.45, 2.75) is 283 Å². The highest BCUT2D eigenvalue weighted by Crippen LogP contribution is 2.60. The van der Waals surface area contributed by atoms with E-state index in [1.807, 2.05) is 0 Å². The summed E-state index contributed by atoms with van der Waals surface area (Å²) in [5.41, 5.74) is 29.1. The second kappa shape index (κ2) is 16.9. The van der Waals surface area contributed by atoms with Gasteiger partial charge < -0.3 is 14.2 Å². The van der Waals surface area contributed by atoms with Gasteiger partial charge in [-0.1, -0.05) is 190 Å². The highest BCUT2D eigenvalue weighted by Gasteiger charge is 2.55. The molecule has 3 heterocycles. The normalized spacial score (nSPS) is 23.5. The Balaban J connectivity index is 1.23. The lowest BCUT2D eigenvalue weighted by Gasteiger charge is -2.49. The number of benzene rings is 5. The molecule has 0 bridgehead atoms. The molecule has 3 nitrogen and oxygen atoms in total. The van der Waals surface area contributed by atoms with Crippen LogP contribution in [0.4, 0.5) is 34.1 Å². The first-order valence-corrected chi connectivity index (χ1v) is 32.3. The molecule has 0 N–H and O–H groups in total. The number of furan rings is 1. The number of rotatable bonds is 3. The van der Waals surface area contributed by atoms with E-state index in [1.54, 1.807) is 0 Å². The third kappa shape index (κ3) is 7.98. The summed E-state index contributed by atoms with van der Waals surface area (Å²) in [5.74, 6) is 1.19. The first kappa shape index (κ1) is 56.2. The molecule has 0 atom stereocenters. The lowest BCUT2D eigenvalue weighted by atomic mass is 9.34. The van der Waals surface area contributed by atoms with Gasteiger partial charge in [-0.25, -0.2) is 0 Å². The predicted molar refractivity (Wildman–Crippen MR) is 353 cm³/mol. The van der Waals surface area contributed by atoms with Gasteiger partial charge in [-0.15, -0.1) is 0 Å². The monoisotopic (exact) mass is 1090 g/mol. The van der Waals surface area contributed by atoms with Crippen LogP contribution >= 0.6 is 0 Å². The molecule has 0 saturated carbocycles. The van der Waals surface area contributed by atoms with Crippen LogP contribution in [0.25, 0.3) is 11.1 Å². The van der Waals surface area contributed by atoms with Crippen LogP contribution in [0.1, 0.15) is 285 Å². The molecule has 0 spiro atoms. The lowest BCUT2D eigenvalue weighted by molar-refractivity contribution is 0.282. The summed E-state index contributed by atoms with van der Waals surface area (Å²) in [7, 11) is 0. The van der Waals surface area contributed by atoms with Gasteiger partial charge in [-0.05, 0) is 227 Å². The van der Waals surface area contributed by atoms with Gasteiger partial charge in [0, 0.05) is 39.3 Å². The van der Waals surface area contributed by atoms with Crippen molar-refractivity contribution in [1.29, 1.82) is 0 Å². The third-order valence-electron chi connectivity index (χ3n) is 23.8. The first-order chi connectivity index (χ1) is 37.7. The third-order valence-corrected chi connectivity index (χ3v) is 23.8. The van der Waals surface area contributed by atoms with Gasteiger partial charge in [-0.2, -0.15) is 0 Å². The molecule has 5 aromatic carbocycles.